The summed E-state index contributed by atoms with van der Waals surface area (Å²) in [5, 5.41) is 21.0. The Bertz CT molecular complexity index is 1200. The lowest BCUT2D eigenvalue weighted by Gasteiger charge is -2.16. The molecular formula is C19H15N5O2. The van der Waals surface area contributed by atoms with Crippen molar-refractivity contribution in [1.82, 2.24) is 19.6 Å². The number of aromatic amines is 1. The minimum atomic E-state index is -0.366. The molecule has 3 heterocycles. The fraction of sp³-hybridized carbons (Fsp3) is 0.105. The van der Waals surface area contributed by atoms with Gasteiger partial charge in [0.15, 0.2) is 0 Å². The SMILES string of the molecule is O=C(Nc1ccc2[nH]ncc2c1)C1=C(O)CCc2c1nc1ccccn21. The number of anilines is 1. The summed E-state index contributed by atoms with van der Waals surface area (Å²) in [5.41, 5.74) is 4.01. The Balaban J connectivity index is 1.55. The van der Waals surface area contributed by atoms with Gasteiger partial charge in [0.05, 0.1) is 17.4 Å². The first-order valence-corrected chi connectivity index (χ1v) is 8.33. The summed E-state index contributed by atoms with van der Waals surface area (Å²) in [7, 11) is 0. The number of hydrogen-bond donors (Lipinski definition) is 3. The average Bonchev–Trinajstić information content (AvgIpc) is 3.24. The molecule has 0 fully saturated rings. The van der Waals surface area contributed by atoms with Gasteiger partial charge in [-0.15, -0.1) is 0 Å². The summed E-state index contributed by atoms with van der Waals surface area (Å²) in [6.45, 7) is 0. The summed E-state index contributed by atoms with van der Waals surface area (Å²) in [6.07, 6.45) is 4.68. The highest BCUT2D eigenvalue weighted by atomic mass is 16.3. The summed E-state index contributed by atoms with van der Waals surface area (Å²) in [6, 6.07) is 11.2. The maximum atomic E-state index is 12.9. The van der Waals surface area contributed by atoms with Crippen LogP contribution in [0.5, 0.6) is 0 Å². The maximum absolute atomic E-state index is 12.9. The topological polar surface area (TPSA) is 95.3 Å². The van der Waals surface area contributed by atoms with Crippen molar-refractivity contribution in [2.75, 3.05) is 5.32 Å². The molecule has 4 aromatic rings. The third kappa shape index (κ3) is 2.17. The van der Waals surface area contributed by atoms with Gasteiger partial charge < -0.3 is 14.8 Å². The molecule has 0 atom stereocenters. The van der Waals surface area contributed by atoms with Crippen molar-refractivity contribution in [3.8, 4) is 0 Å². The molecule has 7 heteroatoms. The molecule has 0 radical (unpaired) electrons. The molecule has 1 amide bonds. The number of aromatic nitrogens is 4. The first kappa shape index (κ1) is 14.7. The number of fused-ring (bicyclic) bond motifs is 4. The standard InChI is InChI=1S/C19H15N5O2/c25-15-7-6-14-18(22-16-3-1-2-8-24(14)16)17(15)19(26)21-12-4-5-13-11(9-12)10-20-23-13/h1-5,8-10,25H,6-7H2,(H,20,23)(H,21,26). The predicted molar refractivity (Wildman–Crippen MR) is 97.8 cm³/mol. The highest BCUT2D eigenvalue weighted by Gasteiger charge is 2.28. The first-order valence-electron chi connectivity index (χ1n) is 8.33. The van der Waals surface area contributed by atoms with E-state index in [1.54, 1.807) is 12.3 Å². The summed E-state index contributed by atoms with van der Waals surface area (Å²) >= 11 is 0. The maximum Gasteiger partial charge on any atom is 0.261 e. The second kappa shape index (κ2) is 5.45. The molecule has 3 N–H and O–H groups in total. The summed E-state index contributed by atoms with van der Waals surface area (Å²) in [5.74, 6) is -0.294. The molecule has 3 aromatic heterocycles. The zero-order valence-corrected chi connectivity index (χ0v) is 13.7. The smallest absolute Gasteiger partial charge is 0.261 e. The van der Waals surface area contributed by atoms with Crippen LogP contribution in [0.3, 0.4) is 0 Å². The van der Waals surface area contributed by atoms with Gasteiger partial charge in [-0.05, 0) is 36.8 Å². The summed E-state index contributed by atoms with van der Waals surface area (Å²) < 4.78 is 1.96. The number of imidazole rings is 1. The van der Waals surface area contributed by atoms with Crippen LogP contribution >= 0.6 is 0 Å². The van der Waals surface area contributed by atoms with Crippen molar-refractivity contribution < 1.29 is 9.90 Å². The Morgan fingerprint density at radius 3 is 3.08 bits per heavy atom. The zero-order valence-electron chi connectivity index (χ0n) is 13.7. The normalized spacial score (nSPS) is 14.0. The van der Waals surface area contributed by atoms with Crippen LogP contribution in [0, 0.1) is 0 Å². The van der Waals surface area contributed by atoms with Crippen LogP contribution in [0.25, 0.3) is 22.1 Å². The van der Waals surface area contributed by atoms with Crippen molar-refractivity contribution in [3.63, 3.8) is 0 Å². The van der Waals surface area contributed by atoms with Crippen LogP contribution in [0.1, 0.15) is 17.8 Å². The van der Waals surface area contributed by atoms with E-state index < -0.39 is 0 Å². The molecule has 0 saturated heterocycles. The number of pyridine rings is 1. The van der Waals surface area contributed by atoms with Crippen molar-refractivity contribution in [1.29, 1.82) is 0 Å². The molecule has 1 aliphatic rings. The van der Waals surface area contributed by atoms with Gasteiger partial charge in [-0.1, -0.05) is 6.07 Å². The van der Waals surface area contributed by atoms with E-state index in [0.29, 0.717) is 24.2 Å². The lowest BCUT2D eigenvalue weighted by atomic mass is 9.97. The molecular weight excluding hydrogens is 330 g/mol. The molecule has 0 bridgehead atoms. The van der Waals surface area contributed by atoms with Crippen LogP contribution in [-0.2, 0) is 11.2 Å². The van der Waals surface area contributed by atoms with Crippen LogP contribution in [0.2, 0.25) is 0 Å². The number of carbonyl (C=O) groups is 1. The van der Waals surface area contributed by atoms with Crippen LogP contribution < -0.4 is 5.32 Å². The van der Waals surface area contributed by atoms with Gasteiger partial charge in [0.25, 0.3) is 5.91 Å². The van der Waals surface area contributed by atoms with E-state index in [9.17, 15) is 9.90 Å². The van der Waals surface area contributed by atoms with E-state index in [1.165, 1.54) is 0 Å². The second-order valence-electron chi connectivity index (χ2n) is 6.28. The third-order valence-electron chi connectivity index (χ3n) is 4.68. The molecule has 1 aromatic carbocycles. The minimum Gasteiger partial charge on any atom is -0.511 e. The van der Waals surface area contributed by atoms with Crippen LogP contribution in [0.15, 0.2) is 54.6 Å². The minimum absolute atomic E-state index is 0.0720. The van der Waals surface area contributed by atoms with Crippen molar-refractivity contribution in [3.05, 3.63) is 65.9 Å². The molecule has 0 unspecified atom stereocenters. The largest absolute Gasteiger partial charge is 0.511 e. The van der Waals surface area contributed by atoms with E-state index in [2.05, 4.69) is 20.5 Å². The third-order valence-corrected chi connectivity index (χ3v) is 4.68. The molecule has 0 spiro atoms. The van der Waals surface area contributed by atoms with Gasteiger partial charge in [0.2, 0.25) is 0 Å². The second-order valence-corrected chi connectivity index (χ2v) is 6.28. The molecule has 0 aliphatic heterocycles. The van der Waals surface area contributed by atoms with E-state index in [0.717, 1.165) is 22.2 Å². The lowest BCUT2D eigenvalue weighted by Crippen LogP contribution is -2.19. The van der Waals surface area contributed by atoms with Gasteiger partial charge in [0, 0.05) is 23.7 Å². The molecule has 128 valence electrons. The lowest BCUT2D eigenvalue weighted by molar-refractivity contribution is -0.111. The monoisotopic (exact) mass is 345 g/mol. The van der Waals surface area contributed by atoms with E-state index >= 15 is 0 Å². The number of aryl methyl sites for hydroxylation is 1. The van der Waals surface area contributed by atoms with Crippen molar-refractivity contribution in [2.24, 2.45) is 0 Å². The Kier molecular flexibility index (Phi) is 3.08. The van der Waals surface area contributed by atoms with Crippen LogP contribution in [-0.4, -0.2) is 30.6 Å². The van der Waals surface area contributed by atoms with E-state index in [1.807, 2.05) is 40.9 Å². The number of nitrogens with one attached hydrogen (secondary N) is 2. The highest BCUT2D eigenvalue weighted by molar-refractivity contribution is 6.26. The number of aliphatic hydroxyl groups excluding tert-OH is 1. The molecule has 1 aliphatic carbocycles. The van der Waals surface area contributed by atoms with Crippen molar-refractivity contribution in [2.45, 2.75) is 12.8 Å². The Labute approximate surface area is 148 Å². The van der Waals surface area contributed by atoms with E-state index in [-0.39, 0.29) is 17.2 Å². The first-order chi connectivity index (χ1) is 12.7. The fourth-order valence-corrected chi connectivity index (χ4v) is 3.44. The van der Waals surface area contributed by atoms with Gasteiger partial charge in [-0.2, -0.15) is 5.10 Å². The molecule has 7 nitrogen and oxygen atoms in total. The Hall–Kier alpha value is -3.61. The predicted octanol–water partition coefficient (Wildman–Crippen LogP) is 3.06. The Morgan fingerprint density at radius 2 is 2.15 bits per heavy atom. The number of aliphatic hydroxyl groups is 1. The number of hydrogen-bond acceptors (Lipinski definition) is 4. The van der Waals surface area contributed by atoms with Gasteiger partial charge in [-0.25, -0.2) is 4.98 Å². The number of amides is 1. The van der Waals surface area contributed by atoms with Gasteiger partial charge >= 0.3 is 0 Å². The van der Waals surface area contributed by atoms with Gasteiger partial charge in [-0.3, -0.25) is 9.89 Å². The van der Waals surface area contributed by atoms with Crippen LogP contribution in [0.4, 0.5) is 5.69 Å². The highest BCUT2D eigenvalue weighted by Crippen LogP contribution is 2.31. The van der Waals surface area contributed by atoms with Gasteiger partial charge in [0.1, 0.15) is 22.7 Å². The van der Waals surface area contributed by atoms with E-state index in [4.69, 9.17) is 0 Å². The number of H-pyrrole nitrogens is 1. The Morgan fingerprint density at radius 1 is 1.23 bits per heavy atom. The number of carbonyl (C=O) groups excluding carboxylic acids is 1. The van der Waals surface area contributed by atoms with Crippen molar-refractivity contribution >= 4 is 33.7 Å². The summed E-state index contributed by atoms with van der Waals surface area (Å²) in [4.78, 5) is 17.4. The number of rotatable bonds is 2. The quantitative estimate of drug-likeness (QED) is 0.520. The zero-order chi connectivity index (χ0) is 17.7. The number of allylic oxidation sites excluding steroid dienone is 1. The average molecular weight is 345 g/mol. The molecule has 26 heavy (non-hydrogen) atoms. The molecule has 0 saturated carbocycles. The fourth-order valence-electron chi connectivity index (χ4n) is 3.44. The number of benzene rings is 1. The number of nitrogens with zero attached hydrogens (tertiary/aromatic N) is 3. The molecule has 5 rings (SSSR count).